The summed E-state index contributed by atoms with van der Waals surface area (Å²) < 4.78 is 6.02. The van der Waals surface area contributed by atoms with Gasteiger partial charge in [-0.2, -0.15) is 0 Å². The fourth-order valence-corrected chi connectivity index (χ4v) is 4.04. The fourth-order valence-electron chi connectivity index (χ4n) is 2.49. The summed E-state index contributed by atoms with van der Waals surface area (Å²) in [6.07, 6.45) is 2.66. The van der Waals surface area contributed by atoms with Gasteiger partial charge in [0.05, 0.1) is 18.6 Å². The molecule has 0 saturated heterocycles. The zero-order valence-corrected chi connectivity index (χ0v) is 16.9. The Morgan fingerprint density at radius 3 is 2.89 bits per heavy atom. The average molecular weight is 403 g/mol. The molecule has 6 nitrogen and oxygen atoms in total. The highest BCUT2D eigenvalue weighted by Gasteiger charge is 2.12. The van der Waals surface area contributed by atoms with E-state index in [2.05, 4.69) is 40.7 Å². The maximum Gasteiger partial charge on any atom is 0.234 e. The highest BCUT2D eigenvalue weighted by atomic mass is 32.2. The molecular formula is C19H22N4O2S2. The molecule has 0 aliphatic rings. The number of carbonyl (C=O) groups is 1. The SMILES string of the molecule is CC[C@H](C)c1ccccc1NC(=O)CSc1nnc(NCc2ccco2)s1. The Morgan fingerprint density at radius 2 is 2.11 bits per heavy atom. The Labute approximate surface area is 166 Å². The standard InChI is InChI=1S/C19H22N4O2S2/c1-3-13(2)15-8-4-5-9-16(15)21-17(24)12-26-19-23-22-18(27-19)20-11-14-7-6-10-25-14/h4-10,13H,3,11-12H2,1-2H3,(H,20,22)(H,21,24)/t13-/m0/s1. The Balaban J connectivity index is 1.50. The zero-order chi connectivity index (χ0) is 19.1. The molecule has 1 atom stereocenters. The van der Waals surface area contributed by atoms with E-state index in [1.54, 1.807) is 6.26 Å². The third-order valence-corrected chi connectivity index (χ3v) is 6.12. The third-order valence-electron chi connectivity index (χ3n) is 4.11. The van der Waals surface area contributed by atoms with Crippen LogP contribution < -0.4 is 10.6 Å². The van der Waals surface area contributed by atoms with Gasteiger partial charge in [-0.05, 0) is 36.1 Å². The molecule has 3 rings (SSSR count). The maximum absolute atomic E-state index is 12.3. The summed E-state index contributed by atoms with van der Waals surface area (Å²) in [5, 5.41) is 15.1. The van der Waals surface area contributed by atoms with Gasteiger partial charge in [-0.1, -0.05) is 55.1 Å². The maximum atomic E-state index is 12.3. The van der Waals surface area contributed by atoms with Gasteiger partial charge in [0, 0.05) is 5.69 Å². The van der Waals surface area contributed by atoms with E-state index < -0.39 is 0 Å². The minimum atomic E-state index is -0.0453. The third kappa shape index (κ3) is 5.58. The largest absolute Gasteiger partial charge is 0.467 e. The van der Waals surface area contributed by atoms with Crippen LogP contribution in [0.15, 0.2) is 51.4 Å². The van der Waals surface area contributed by atoms with Crippen molar-refractivity contribution in [2.45, 2.75) is 37.1 Å². The summed E-state index contributed by atoms with van der Waals surface area (Å²) in [4.78, 5) is 12.3. The van der Waals surface area contributed by atoms with Gasteiger partial charge in [-0.3, -0.25) is 4.79 Å². The van der Waals surface area contributed by atoms with Crippen LogP contribution in [0, 0.1) is 0 Å². The lowest BCUT2D eigenvalue weighted by Gasteiger charge is -2.15. The predicted octanol–water partition coefficient (Wildman–Crippen LogP) is 4.99. The van der Waals surface area contributed by atoms with E-state index in [0.717, 1.165) is 22.2 Å². The van der Waals surface area contributed by atoms with E-state index in [1.165, 1.54) is 28.7 Å². The van der Waals surface area contributed by atoms with E-state index in [9.17, 15) is 4.79 Å². The summed E-state index contributed by atoms with van der Waals surface area (Å²) in [5.74, 6) is 1.48. The van der Waals surface area contributed by atoms with Crippen LogP contribution in [0.5, 0.6) is 0 Å². The molecule has 0 bridgehead atoms. The number of amides is 1. The molecule has 0 spiro atoms. The van der Waals surface area contributed by atoms with Crippen LogP contribution in [-0.2, 0) is 11.3 Å². The average Bonchev–Trinajstić information content (AvgIpc) is 3.36. The zero-order valence-electron chi connectivity index (χ0n) is 15.3. The van der Waals surface area contributed by atoms with Crippen LogP contribution in [0.2, 0.25) is 0 Å². The monoisotopic (exact) mass is 402 g/mol. The van der Waals surface area contributed by atoms with Crippen molar-refractivity contribution in [2.75, 3.05) is 16.4 Å². The number of furan rings is 1. The van der Waals surface area contributed by atoms with Crippen LogP contribution in [0.4, 0.5) is 10.8 Å². The van der Waals surface area contributed by atoms with E-state index in [-0.39, 0.29) is 5.91 Å². The first kappa shape index (κ1) is 19.4. The molecule has 2 aromatic heterocycles. The van der Waals surface area contributed by atoms with Crippen molar-refractivity contribution in [1.29, 1.82) is 0 Å². The molecule has 1 amide bonds. The van der Waals surface area contributed by atoms with Gasteiger partial charge in [0.1, 0.15) is 5.76 Å². The molecule has 0 saturated carbocycles. The number of carbonyl (C=O) groups excluding carboxylic acids is 1. The summed E-state index contributed by atoms with van der Waals surface area (Å²) in [6, 6.07) is 11.7. The number of hydrogen-bond donors (Lipinski definition) is 2. The Kier molecular flexibility index (Phi) is 6.89. The number of anilines is 2. The Morgan fingerprint density at radius 1 is 1.26 bits per heavy atom. The van der Waals surface area contributed by atoms with Gasteiger partial charge in [0.15, 0.2) is 4.34 Å². The minimum absolute atomic E-state index is 0.0453. The number of para-hydroxylation sites is 1. The van der Waals surface area contributed by atoms with Crippen LogP contribution >= 0.6 is 23.1 Å². The Hall–Kier alpha value is -2.32. The summed E-state index contributed by atoms with van der Waals surface area (Å²) in [6.45, 7) is 4.86. The smallest absolute Gasteiger partial charge is 0.234 e. The Bertz CT molecular complexity index is 864. The van der Waals surface area contributed by atoms with E-state index >= 15 is 0 Å². The molecular weight excluding hydrogens is 380 g/mol. The van der Waals surface area contributed by atoms with Gasteiger partial charge >= 0.3 is 0 Å². The van der Waals surface area contributed by atoms with Crippen molar-refractivity contribution >= 4 is 39.8 Å². The molecule has 2 heterocycles. The molecule has 8 heteroatoms. The van der Waals surface area contributed by atoms with Crippen molar-refractivity contribution in [3.8, 4) is 0 Å². The van der Waals surface area contributed by atoms with E-state index in [1.807, 2.05) is 30.3 Å². The number of thioether (sulfide) groups is 1. The first-order valence-corrected chi connectivity index (χ1v) is 10.6. The molecule has 2 N–H and O–H groups in total. The first-order chi connectivity index (χ1) is 13.2. The second kappa shape index (κ2) is 9.57. The molecule has 0 aliphatic heterocycles. The van der Waals surface area contributed by atoms with Crippen LogP contribution in [-0.4, -0.2) is 21.9 Å². The highest BCUT2D eigenvalue weighted by Crippen LogP contribution is 2.28. The van der Waals surface area contributed by atoms with E-state index in [4.69, 9.17) is 4.42 Å². The molecule has 0 unspecified atom stereocenters. The van der Waals surface area contributed by atoms with E-state index in [0.29, 0.717) is 23.3 Å². The van der Waals surface area contributed by atoms with Crippen molar-refractivity contribution in [3.63, 3.8) is 0 Å². The number of benzene rings is 1. The normalized spacial score (nSPS) is 11.9. The van der Waals surface area contributed by atoms with Gasteiger partial charge in [0.2, 0.25) is 11.0 Å². The lowest BCUT2D eigenvalue weighted by molar-refractivity contribution is -0.113. The second-order valence-corrected chi connectivity index (χ2v) is 8.24. The number of hydrogen-bond acceptors (Lipinski definition) is 7. The summed E-state index contributed by atoms with van der Waals surface area (Å²) >= 11 is 2.80. The minimum Gasteiger partial charge on any atom is -0.467 e. The lowest BCUT2D eigenvalue weighted by Crippen LogP contribution is -2.15. The molecule has 27 heavy (non-hydrogen) atoms. The molecule has 1 aromatic carbocycles. The van der Waals surface area contributed by atoms with Crippen LogP contribution in [0.3, 0.4) is 0 Å². The summed E-state index contributed by atoms with van der Waals surface area (Å²) in [7, 11) is 0. The number of aromatic nitrogens is 2. The predicted molar refractivity (Wildman–Crippen MR) is 110 cm³/mol. The van der Waals surface area contributed by atoms with Crippen molar-refractivity contribution in [2.24, 2.45) is 0 Å². The van der Waals surface area contributed by atoms with Crippen molar-refractivity contribution in [1.82, 2.24) is 10.2 Å². The van der Waals surface area contributed by atoms with Crippen LogP contribution in [0.25, 0.3) is 0 Å². The number of rotatable bonds is 9. The molecule has 3 aromatic rings. The van der Waals surface area contributed by atoms with Crippen molar-refractivity contribution in [3.05, 3.63) is 54.0 Å². The fraction of sp³-hybridized carbons (Fsp3) is 0.316. The van der Waals surface area contributed by atoms with Gasteiger partial charge in [-0.25, -0.2) is 0 Å². The van der Waals surface area contributed by atoms with Crippen molar-refractivity contribution < 1.29 is 9.21 Å². The highest BCUT2D eigenvalue weighted by molar-refractivity contribution is 8.01. The quantitative estimate of drug-likeness (QED) is 0.491. The van der Waals surface area contributed by atoms with Gasteiger partial charge < -0.3 is 15.1 Å². The second-order valence-electron chi connectivity index (χ2n) is 6.04. The first-order valence-electron chi connectivity index (χ1n) is 8.77. The molecule has 142 valence electrons. The van der Waals surface area contributed by atoms with Gasteiger partial charge in [-0.15, -0.1) is 10.2 Å². The molecule has 0 radical (unpaired) electrons. The van der Waals surface area contributed by atoms with Crippen LogP contribution in [0.1, 0.15) is 37.5 Å². The summed E-state index contributed by atoms with van der Waals surface area (Å²) in [5.41, 5.74) is 2.05. The van der Waals surface area contributed by atoms with Gasteiger partial charge in [0.25, 0.3) is 0 Å². The molecule has 0 fully saturated rings. The number of nitrogens with zero attached hydrogens (tertiary/aromatic N) is 2. The number of nitrogens with one attached hydrogen (secondary N) is 2. The lowest BCUT2D eigenvalue weighted by atomic mass is 9.97. The topological polar surface area (TPSA) is 80.0 Å². The molecule has 0 aliphatic carbocycles.